The van der Waals surface area contributed by atoms with E-state index in [9.17, 15) is 14.7 Å². The number of amides is 1. The predicted octanol–water partition coefficient (Wildman–Crippen LogP) is 5.20. The fourth-order valence-corrected chi connectivity index (χ4v) is 4.23. The van der Waals surface area contributed by atoms with E-state index in [2.05, 4.69) is 6.92 Å². The van der Waals surface area contributed by atoms with Crippen LogP contribution >= 0.6 is 11.6 Å². The summed E-state index contributed by atoms with van der Waals surface area (Å²) in [6.45, 7) is 5.79. The van der Waals surface area contributed by atoms with Crippen molar-refractivity contribution in [3.8, 4) is 5.75 Å². The second-order valence-electron chi connectivity index (χ2n) is 8.88. The molecule has 0 radical (unpaired) electrons. The average molecular weight is 485 g/mol. The van der Waals surface area contributed by atoms with E-state index in [1.807, 2.05) is 25.9 Å². The van der Waals surface area contributed by atoms with E-state index in [1.165, 1.54) is 0 Å². The number of benzene rings is 2. The summed E-state index contributed by atoms with van der Waals surface area (Å²) in [7, 11) is 3.92. The number of aliphatic hydroxyl groups is 1. The molecule has 0 bridgehead atoms. The van der Waals surface area contributed by atoms with Gasteiger partial charge in [-0.15, -0.1) is 0 Å². The number of ether oxygens (including phenoxy) is 1. The number of hydrogen-bond donors (Lipinski definition) is 1. The van der Waals surface area contributed by atoms with Crippen molar-refractivity contribution in [1.82, 2.24) is 9.80 Å². The minimum atomic E-state index is -0.680. The monoisotopic (exact) mass is 484 g/mol. The van der Waals surface area contributed by atoms with Crippen molar-refractivity contribution in [1.29, 1.82) is 0 Å². The van der Waals surface area contributed by atoms with Crippen molar-refractivity contribution in [2.75, 3.05) is 33.8 Å². The van der Waals surface area contributed by atoms with Crippen LogP contribution < -0.4 is 4.74 Å². The molecule has 1 heterocycles. The lowest BCUT2D eigenvalue weighted by Crippen LogP contribution is -2.32. The van der Waals surface area contributed by atoms with Crippen molar-refractivity contribution in [2.45, 2.75) is 39.2 Å². The summed E-state index contributed by atoms with van der Waals surface area (Å²) in [5, 5.41) is 11.8. The first-order valence-electron chi connectivity index (χ1n) is 11.7. The van der Waals surface area contributed by atoms with Gasteiger partial charge in [0, 0.05) is 17.1 Å². The summed E-state index contributed by atoms with van der Waals surface area (Å²) in [6.07, 6.45) is 2.70. The molecule has 1 amide bonds. The summed E-state index contributed by atoms with van der Waals surface area (Å²) >= 11 is 6.08. The van der Waals surface area contributed by atoms with Gasteiger partial charge >= 0.3 is 0 Å². The molecule has 0 aliphatic carbocycles. The first kappa shape index (κ1) is 25.8. The number of likely N-dealkylation sites (tertiary alicyclic amines) is 1. The van der Waals surface area contributed by atoms with Gasteiger partial charge in [-0.05, 0) is 81.9 Å². The normalized spacial score (nSPS) is 17.6. The highest BCUT2D eigenvalue weighted by molar-refractivity contribution is 6.46. The van der Waals surface area contributed by atoms with Crippen molar-refractivity contribution in [3.05, 3.63) is 69.8 Å². The van der Waals surface area contributed by atoms with E-state index in [-0.39, 0.29) is 11.3 Å². The Bertz CT molecular complexity index is 1060. The maximum atomic E-state index is 13.1. The number of rotatable bonds is 10. The van der Waals surface area contributed by atoms with Crippen molar-refractivity contribution in [2.24, 2.45) is 0 Å². The van der Waals surface area contributed by atoms with Crippen LogP contribution in [0.4, 0.5) is 0 Å². The summed E-state index contributed by atoms with van der Waals surface area (Å²) in [4.78, 5) is 29.7. The first-order valence-corrected chi connectivity index (χ1v) is 12.0. The van der Waals surface area contributed by atoms with E-state index in [0.29, 0.717) is 30.2 Å². The van der Waals surface area contributed by atoms with Gasteiger partial charge in [-0.2, -0.15) is 0 Å². The number of Topliss-reactive ketones (excluding diaryl/α,β-unsaturated/α-hetero) is 1. The quantitative estimate of drug-likeness (QED) is 0.217. The Balaban J connectivity index is 2.02. The molecule has 0 unspecified atom stereocenters. The Kier molecular flexibility index (Phi) is 8.75. The average Bonchev–Trinajstić information content (AvgIpc) is 3.05. The van der Waals surface area contributed by atoms with Gasteiger partial charge in [-0.1, -0.05) is 37.1 Å². The number of ketones is 1. The predicted molar refractivity (Wildman–Crippen MR) is 135 cm³/mol. The number of carbonyl (C=O) groups excluding carboxylic acids is 2. The van der Waals surface area contributed by atoms with E-state index < -0.39 is 17.7 Å². The third kappa shape index (κ3) is 5.80. The molecule has 182 valence electrons. The van der Waals surface area contributed by atoms with Gasteiger partial charge in [0.05, 0.1) is 18.2 Å². The molecule has 2 aromatic rings. The summed E-state index contributed by atoms with van der Waals surface area (Å²) < 4.78 is 5.81. The molecule has 1 aliphatic heterocycles. The van der Waals surface area contributed by atoms with Crippen LogP contribution in [0, 0.1) is 6.92 Å². The number of unbranched alkanes of at least 4 members (excludes halogenated alkanes) is 1. The second kappa shape index (κ2) is 11.5. The molecule has 34 heavy (non-hydrogen) atoms. The highest BCUT2D eigenvalue weighted by atomic mass is 35.5. The molecule has 6 nitrogen and oxygen atoms in total. The molecular formula is C27H33ClN2O4. The van der Waals surface area contributed by atoms with Crippen LogP contribution in [0.15, 0.2) is 48.0 Å². The van der Waals surface area contributed by atoms with E-state index in [4.69, 9.17) is 16.3 Å². The molecule has 2 aromatic carbocycles. The molecule has 1 aliphatic rings. The maximum Gasteiger partial charge on any atom is 0.295 e. The van der Waals surface area contributed by atoms with Gasteiger partial charge in [-0.3, -0.25) is 9.59 Å². The maximum absolute atomic E-state index is 13.1. The van der Waals surface area contributed by atoms with Crippen LogP contribution in [0.25, 0.3) is 5.76 Å². The largest absolute Gasteiger partial charge is 0.507 e. The fourth-order valence-electron chi connectivity index (χ4n) is 4.10. The van der Waals surface area contributed by atoms with Crippen molar-refractivity contribution >= 4 is 29.1 Å². The highest BCUT2D eigenvalue weighted by Gasteiger charge is 2.45. The molecule has 1 saturated heterocycles. The third-order valence-corrected chi connectivity index (χ3v) is 6.19. The van der Waals surface area contributed by atoms with Crippen LogP contribution in [0.1, 0.15) is 48.9 Å². The molecule has 1 atom stereocenters. The minimum absolute atomic E-state index is 0.0937. The van der Waals surface area contributed by atoms with E-state index in [1.54, 1.807) is 47.4 Å². The Labute approximate surface area is 206 Å². The van der Waals surface area contributed by atoms with Gasteiger partial charge < -0.3 is 19.6 Å². The zero-order valence-corrected chi connectivity index (χ0v) is 21.1. The number of aryl methyl sites for hydroxylation is 1. The lowest BCUT2D eigenvalue weighted by atomic mass is 9.94. The summed E-state index contributed by atoms with van der Waals surface area (Å²) in [5.74, 6) is -0.722. The van der Waals surface area contributed by atoms with Gasteiger partial charge in [0.1, 0.15) is 11.5 Å². The lowest BCUT2D eigenvalue weighted by Gasteiger charge is -2.26. The molecule has 0 aromatic heterocycles. The topological polar surface area (TPSA) is 70.1 Å². The van der Waals surface area contributed by atoms with Crippen LogP contribution in [-0.2, 0) is 9.59 Å². The number of aliphatic hydroxyl groups excluding tert-OH is 1. The molecule has 7 heteroatoms. The molecule has 3 rings (SSSR count). The van der Waals surface area contributed by atoms with Gasteiger partial charge in [0.25, 0.3) is 11.7 Å². The molecule has 0 saturated carbocycles. The first-order chi connectivity index (χ1) is 16.2. The van der Waals surface area contributed by atoms with E-state index in [0.717, 1.165) is 36.3 Å². The van der Waals surface area contributed by atoms with Crippen molar-refractivity contribution in [3.63, 3.8) is 0 Å². The fraction of sp³-hybridized carbons (Fsp3) is 0.407. The number of carbonyl (C=O) groups is 2. The summed E-state index contributed by atoms with van der Waals surface area (Å²) in [5.41, 5.74) is 2.15. The second-order valence-corrected chi connectivity index (χ2v) is 9.32. The Hall–Kier alpha value is -2.83. The minimum Gasteiger partial charge on any atom is -0.507 e. The summed E-state index contributed by atoms with van der Waals surface area (Å²) in [6, 6.07) is 11.7. The SMILES string of the molecule is CCCCOc1ccc(/C(O)=C2\C(=O)C(=O)N(CCCN(C)C)[C@H]2c2ccc(Cl)cc2)cc1C. The van der Waals surface area contributed by atoms with Gasteiger partial charge in [-0.25, -0.2) is 0 Å². The zero-order valence-electron chi connectivity index (χ0n) is 20.3. The Morgan fingerprint density at radius 1 is 1.12 bits per heavy atom. The van der Waals surface area contributed by atoms with Crippen molar-refractivity contribution < 1.29 is 19.4 Å². The highest BCUT2D eigenvalue weighted by Crippen LogP contribution is 2.40. The molecular weight excluding hydrogens is 452 g/mol. The Morgan fingerprint density at radius 2 is 1.82 bits per heavy atom. The van der Waals surface area contributed by atoms with Crippen LogP contribution in [0.2, 0.25) is 5.02 Å². The van der Waals surface area contributed by atoms with Crippen LogP contribution in [0.3, 0.4) is 0 Å². The molecule has 1 fully saturated rings. The lowest BCUT2D eigenvalue weighted by molar-refractivity contribution is -0.139. The van der Waals surface area contributed by atoms with Gasteiger partial charge in [0.15, 0.2) is 0 Å². The number of hydrogen-bond acceptors (Lipinski definition) is 5. The third-order valence-electron chi connectivity index (χ3n) is 5.93. The zero-order chi connectivity index (χ0) is 24.8. The smallest absolute Gasteiger partial charge is 0.295 e. The molecule has 1 N–H and O–H groups in total. The Morgan fingerprint density at radius 3 is 2.44 bits per heavy atom. The standard InChI is InChI=1S/C27H33ClN2O4/c1-5-6-16-34-22-13-10-20(17-18(22)2)25(31)23-24(19-8-11-21(28)12-9-19)30(27(33)26(23)32)15-7-14-29(3)4/h8-13,17,24,31H,5-7,14-16H2,1-4H3/b25-23+/t24-/m0/s1. The van der Waals surface area contributed by atoms with Crippen LogP contribution in [-0.4, -0.2) is 60.4 Å². The van der Waals surface area contributed by atoms with Crippen LogP contribution in [0.5, 0.6) is 5.75 Å². The number of halogens is 1. The number of nitrogens with zero attached hydrogens (tertiary/aromatic N) is 2. The van der Waals surface area contributed by atoms with E-state index >= 15 is 0 Å². The van der Waals surface area contributed by atoms with Gasteiger partial charge in [0.2, 0.25) is 0 Å². The molecule has 0 spiro atoms.